The Morgan fingerprint density at radius 1 is 0.769 bits per heavy atom. The fourth-order valence-corrected chi connectivity index (χ4v) is 7.26. The summed E-state index contributed by atoms with van der Waals surface area (Å²) in [4.78, 5) is 26.1. The van der Waals surface area contributed by atoms with Crippen LogP contribution in [-0.2, 0) is 23.3 Å². The molecular weight excluding hydrogens is 709 g/mol. The van der Waals surface area contributed by atoms with Crippen LogP contribution in [0.3, 0.4) is 0 Å². The molecule has 6 rings (SSSR count). The van der Waals surface area contributed by atoms with Crippen LogP contribution in [0.1, 0.15) is 74.3 Å². The number of cyclic esters (lactones) is 1. The quantitative estimate of drug-likeness (QED) is 0.199. The third-order valence-electron chi connectivity index (χ3n) is 9.45. The highest BCUT2D eigenvalue weighted by Gasteiger charge is 2.52. The van der Waals surface area contributed by atoms with Gasteiger partial charge in [0.2, 0.25) is 0 Å². The van der Waals surface area contributed by atoms with Gasteiger partial charge in [-0.25, -0.2) is 9.59 Å². The maximum absolute atomic E-state index is 14.1. The van der Waals surface area contributed by atoms with Gasteiger partial charge in [-0.3, -0.25) is 4.90 Å². The van der Waals surface area contributed by atoms with Gasteiger partial charge in [0, 0.05) is 5.56 Å². The molecule has 52 heavy (non-hydrogen) atoms. The Hall–Kier alpha value is -5.21. The van der Waals surface area contributed by atoms with Gasteiger partial charge in [0.1, 0.15) is 11.9 Å². The number of carbonyl (C=O) groups excluding carboxylic acids is 1. The number of carboxylic acid groups (broad SMARTS) is 1. The number of ether oxygens (including phenoxy) is 2. The molecule has 2 heterocycles. The first kappa shape index (κ1) is 36.6. The SMILES string of the molecule is COc1ccc(-c2c(C)cc(C(=O)O)cc2C)cc1-c1ccc(C(F)(F)F)cc1[C@@H]1CC[C@H]2[C@@H](c3cc(C(F)(F)F)cc(C(F)(F)F)c3)OC(=O)N12. The number of halogens is 9. The lowest BCUT2D eigenvalue weighted by molar-refractivity contribution is -0.143. The van der Waals surface area contributed by atoms with Gasteiger partial charge in [-0.1, -0.05) is 12.1 Å². The topological polar surface area (TPSA) is 76.1 Å². The van der Waals surface area contributed by atoms with Crippen molar-refractivity contribution in [2.24, 2.45) is 0 Å². The van der Waals surface area contributed by atoms with Gasteiger partial charge in [0.05, 0.1) is 41.4 Å². The number of aryl methyl sites for hydroxylation is 2. The maximum atomic E-state index is 14.1. The molecule has 2 saturated heterocycles. The first-order valence-corrected chi connectivity index (χ1v) is 15.7. The number of methoxy groups -OCH3 is 1. The van der Waals surface area contributed by atoms with Crippen molar-refractivity contribution >= 4 is 12.1 Å². The number of carboxylic acids is 1. The number of rotatable bonds is 6. The van der Waals surface area contributed by atoms with E-state index in [1.807, 2.05) is 0 Å². The number of amides is 1. The molecule has 4 aromatic carbocycles. The summed E-state index contributed by atoms with van der Waals surface area (Å²) in [5.74, 6) is -0.892. The lowest BCUT2D eigenvalue weighted by Gasteiger charge is -2.26. The predicted molar refractivity (Wildman–Crippen MR) is 169 cm³/mol. The van der Waals surface area contributed by atoms with E-state index in [-0.39, 0.29) is 41.3 Å². The van der Waals surface area contributed by atoms with Crippen molar-refractivity contribution in [3.63, 3.8) is 0 Å². The van der Waals surface area contributed by atoms with Crippen molar-refractivity contribution in [1.82, 2.24) is 4.90 Å². The van der Waals surface area contributed by atoms with E-state index in [0.717, 1.165) is 17.0 Å². The number of fused-ring (bicyclic) bond motifs is 1. The van der Waals surface area contributed by atoms with Crippen LogP contribution in [-0.4, -0.2) is 35.2 Å². The van der Waals surface area contributed by atoms with Gasteiger partial charge in [0.15, 0.2) is 0 Å². The molecule has 2 aliphatic heterocycles. The van der Waals surface area contributed by atoms with Crippen LogP contribution in [0.4, 0.5) is 44.3 Å². The minimum Gasteiger partial charge on any atom is -0.496 e. The summed E-state index contributed by atoms with van der Waals surface area (Å²) in [5, 5.41) is 9.50. The van der Waals surface area contributed by atoms with Gasteiger partial charge >= 0.3 is 30.6 Å². The molecule has 274 valence electrons. The lowest BCUT2D eigenvalue weighted by atomic mass is 9.88. The van der Waals surface area contributed by atoms with Gasteiger partial charge < -0.3 is 14.6 Å². The molecule has 6 nitrogen and oxygen atoms in total. The smallest absolute Gasteiger partial charge is 0.416 e. The second-order valence-electron chi connectivity index (χ2n) is 12.7. The van der Waals surface area contributed by atoms with Gasteiger partial charge in [0.25, 0.3) is 0 Å². The number of aromatic carboxylic acids is 1. The first-order valence-electron chi connectivity index (χ1n) is 15.7. The molecule has 0 aliphatic carbocycles. The Labute approximate surface area is 290 Å². The van der Waals surface area contributed by atoms with Crippen molar-refractivity contribution in [2.45, 2.75) is 63.4 Å². The van der Waals surface area contributed by atoms with Crippen LogP contribution in [0.5, 0.6) is 5.75 Å². The summed E-state index contributed by atoms with van der Waals surface area (Å²) < 4.78 is 135. The van der Waals surface area contributed by atoms with Gasteiger partial charge in [-0.15, -0.1) is 0 Å². The third kappa shape index (κ3) is 6.63. The molecule has 2 fully saturated rings. The maximum Gasteiger partial charge on any atom is 0.416 e. The standard InChI is InChI=1S/C37H28F9NO5/c1-17-10-21(33(48)49)11-18(2)31(17)19-4-9-30(51-3)27(14-19)25-6-5-22(35(38,39)40)16-26(25)28-7-8-29-32(52-34(50)47(28)29)20-12-23(36(41,42)43)15-24(13-20)37(44,45)46/h4-6,9-16,28-29,32H,7-8H2,1-3H3,(H,48,49)/t28-,29-,32+/m0/s1. The molecule has 3 atom stereocenters. The molecule has 2 aliphatic rings. The number of hydrogen-bond donors (Lipinski definition) is 1. The van der Waals surface area contributed by atoms with Crippen molar-refractivity contribution in [3.05, 3.63) is 111 Å². The Morgan fingerprint density at radius 3 is 1.90 bits per heavy atom. The summed E-state index contributed by atoms with van der Waals surface area (Å²) in [5.41, 5.74) is -1.79. The molecule has 4 aromatic rings. The van der Waals surface area contributed by atoms with Crippen molar-refractivity contribution in [2.75, 3.05) is 7.11 Å². The average molecular weight is 738 g/mol. The Balaban J connectivity index is 1.48. The van der Waals surface area contributed by atoms with E-state index in [4.69, 9.17) is 9.47 Å². The molecule has 0 saturated carbocycles. The monoisotopic (exact) mass is 737 g/mol. The third-order valence-corrected chi connectivity index (χ3v) is 9.45. The summed E-state index contributed by atoms with van der Waals surface area (Å²) in [6, 6.07) is 9.49. The van der Waals surface area contributed by atoms with Crippen LogP contribution in [0.2, 0.25) is 0 Å². The average Bonchev–Trinajstić information content (AvgIpc) is 3.63. The molecule has 0 unspecified atom stereocenters. The van der Waals surface area contributed by atoms with Crippen LogP contribution in [0.25, 0.3) is 22.3 Å². The van der Waals surface area contributed by atoms with Crippen LogP contribution in [0, 0.1) is 13.8 Å². The highest BCUT2D eigenvalue weighted by molar-refractivity contribution is 5.90. The highest BCUT2D eigenvalue weighted by atomic mass is 19.4. The largest absolute Gasteiger partial charge is 0.496 e. The minimum absolute atomic E-state index is 0.0000618. The zero-order valence-electron chi connectivity index (χ0n) is 27.4. The fraction of sp³-hybridized carbons (Fsp3) is 0.297. The molecule has 1 amide bonds. The Bertz CT molecular complexity index is 2030. The summed E-state index contributed by atoms with van der Waals surface area (Å²) >= 11 is 0. The van der Waals surface area contributed by atoms with Crippen molar-refractivity contribution < 1.29 is 63.7 Å². The lowest BCUT2D eigenvalue weighted by Crippen LogP contribution is -2.31. The van der Waals surface area contributed by atoms with Crippen LogP contribution >= 0.6 is 0 Å². The van der Waals surface area contributed by atoms with E-state index < -0.39 is 71.0 Å². The van der Waals surface area contributed by atoms with E-state index in [1.54, 1.807) is 32.0 Å². The van der Waals surface area contributed by atoms with Crippen LogP contribution < -0.4 is 4.74 Å². The Morgan fingerprint density at radius 2 is 1.37 bits per heavy atom. The first-order chi connectivity index (χ1) is 24.2. The molecule has 0 radical (unpaired) electrons. The molecular formula is C37H28F9NO5. The normalized spacial score (nSPS) is 19.1. The zero-order chi connectivity index (χ0) is 38.1. The molecule has 15 heteroatoms. The zero-order valence-corrected chi connectivity index (χ0v) is 27.4. The highest BCUT2D eigenvalue weighted by Crippen LogP contribution is 2.52. The molecule has 0 spiro atoms. The second kappa shape index (κ2) is 12.8. The summed E-state index contributed by atoms with van der Waals surface area (Å²) in [6.07, 6.45) is -17.8. The fourth-order valence-electron chi connectivity index (χ4n) is 7.26. The van der Waals surface area contributed by atoms with Gasteiger partial charge in [-0.2, -0.15) is 39.5 Å². The number of benzene rings is 4. The minimum atomic E-state index is -5.16. The van der Waals surface area contributed by atoms with Crippen molar-refractivity contribution in [1.29, 1.82) is 0 Å². The van der Waals surface area contributed by atoms with E-state index in [2.05, 4.69) is 0 Å². The summed E-state index contributed by atoms with van der Waals surface area (Å²) in [7, 11) is 1.35. The number of nitrogens with zero attached hydrogens (tertiary/aromatic N) is 1. The predicted octanol–water partition coefficient (Wildman–Crippen LogP) is 10.8. The second-order valence-corrected chi connectivity index (χ2v) is 12.7. The van der Waals surface area contributed by atoms with E-state index in [9.17, 15) is 54.2 Å². The summed E-state index contributed by atoms with van der Waals surface area (Å²) in [6.45, 7) is 3.41. The van der Waals surface area contributed by atoms with Gasteiger partial charge in [-0.05, 0) is 120 Å². The molecule has 0 bridgehead atoms. The number of hydrogen-bond acceptors (Lipinski definition) is 4. The molecule has 1 N–H and O–H groups in total. The number of carbonyl (C=O) groups is 2. The van der Waals surface area contributed by atoms with E-state index in [0.29, 0.717) is 39.9 Å². The Kier molecular flexibility index (Phi) is 8.99. The van der Waals surface area contributed by atoms with Crippen LogP contribution in [0.15, 0.2) is 66.7 Å². The number of alkyl halides is 9. The van der Waals surface area contributed by atoms with Crippen molar-refractivity contribution in [3.8, 4) is 28.0 Å². The van der Waals surface area contributed by atoms with E-state index in [1.165, 1.54) is 25.3 Å². The van der Waals surface area contributed by atoms with E-state index >= 15 is 0 Å². The molecule has 0 aromatic heterocycles.